The molecule has 2 rings (SSSR count). The highest BCUT2D eigenvalue weighted by atomic mass is 16.5. The van der Waals surface area contributed by atoms with Gasteiger partial charge in [-0.3, -0.25) is 4.68 Å². The van der Waals surface area contributed by atoms with Gasteiger partial charge in [-0.15, -0.1) is 0 Å². The van der Waals surface area contributed by atoms with Gasteiger partial charge in [-0.2, -0.15) is 5.10 Å². The van der Waals surface area contributed by atoms with Crippen LogP contribution in [0.25, 0.3) is 0 Å². The van der Waals surface area contributed by atoms with Gasteiger partial charge in [-0.1, -0.05) is 12.1 Å². The predicted molar refractivity (Wildman–Crippen MR) is 90.3 cm³/mol. The van der Waals surface area contributed by atoms with Crippen LogP contribution in [-0.2, 0) is 20.0 Å². The molecule has 0 atom stereocenters. The van der Waals surface area contributed by atoms with Gasteiger partial charge in [0.05, 0.1) is 11.8 Å². The Kier molecular flexibility index (Phi) is 5.61. The molecule has 1 aromatic carbocycles. The van der Waals surface area contributed by atoms with Crippen molar-refractivity contribution in [2.45, 2.75) is 46.8 Å². The molecule has 0 aliphatic rings. The van der Waals surface area contributed by atoms with Crippen molar-refractivity contribution in [3.05, 3.63) is 46.8 Å². The van der Waals surface area contributed by atoms with E-state index in [4.69, 9.17) is 4.74 Å². The fourth-order valence-corrected chi connectivity index (χ4v) is 2.58. The quantitative estimate of drug-likeness (QED) is 0.799. The van der Waals surface area contributed by atoms with Crippen LogP contribution in [0.2, 0.25) is 0 Å². The SMILES string of the molecule is Cc1nn(C)c(C)c1CCNCc1ccc(OC(C)C)cc1. The Balaban J connectivity index is 1.79. The van der Waals surface area contributed by atoms with Crippen LogP contribution in [0.3, 0.4) is 0 Å². The van der Waals surface area contributed by atoms with Crippen molar-refractivity contribution in [1.82, 2.24) is 15.1 Å². The molecular weight excluding hydrogens is 274 g/mol. The maximum Gasteiger partial charge on any atom is 0.119 e. The molecule has 1 heterocycles. The van der Waals surface area contributed by atoms with Gasteiger partial charge in [-0.25, -0.2) is 0 Å². The molecule has 0 saturated heterocycles. The summed E-state index contributed by atoms with van der Waals surface area (Å²) in [4.78, 5) is 0. The second kappa shape index (κ2) is 7.45. The van der Waals surface area contributed by atoms with Gasteiger partial charge in [0.15, 0.2) is 0 Å². The number of ether oxygens (including phenoxy) is 1. The van der Waals surface area contributed by atoms with Gasteiger partial charge >= 0.3 is 0 Å². The maximum atomic E-state index is 5.65. The fraction of sp³-hybridized carbons (Fsp3) is 0.500. The summed E-state index contributed by atoms with van der Waals surface area (Å²) in [6.07, 6.45) is 1.23. The second-order valence-corrected chi connectivity index (χ2v) is 6.01. The molecule has 0 radical (unpaired) electrons. The average Bonchev–Trinajstić information content (AvgIpc) is 2.70. The number of nitrogens with zero attached hydrogens (tertiary/aromatic N) is 2. The molecule has 0 saturated carbocycles. The summed E-state index contributed by atoms with van der Waals surface area (Å²) in [5.74, 6) is 0.931. The lowest BCUT2D eigenvalue weighted by atomic mass is 10.1. The molecule has 4 nitrogen and oxygen atoms in total. The monoisotopic (exact) mass is 301 g/mol. The number of hydrogen-bond acceptors (Lipinski definition) is 3. The smallest absolute Gasteiger partial charge is 0.119 e. The Morgan fingerprint density at radius 3 is 2.41 bits per heavy atom. The molecule has 1 aromatic heterocycles. The average molecular weight is 301 g/mol. The number of aryl methyl sites for hydroxylation is 2. The van der Waals surface area contributed by atoms with E-state index >= 15 is 0 Å². The van der Waals surface area contributed by atoms with Crippen LogP contribution in [-0.4, -0.2) is 22.4 Å². The van der Waals surface area contributed by atoms with Crippen molar-refractivity contribution in [2.75, 3.05) is 6.54 Å². The molecule has 1 N–H and O–H groups in total. The van der Waals surface area contributed by atoms with E-state index in [1.807, 2.05) is 37.7 Å². The zero-order valence-electron chi connectivity index (χ0n) is 14.3. The third-order valence-corrected chi connectivity index (χ3v) is 3.83. The van der Waals surface area contributed by atoms with E-state index in [0.29, 0.717) is 0 Å². The molecule has 0 aliphatic heterocycles. The molecule has 0 spiro atoms. The van der Waals surface area contributed by atoms with Crippen LogP contribution in [0.1, 0.15) is 36.4 Å². The van der Waals surface area contributed by atoms with Crippen molar-refractivity contribution in [3.63, 3.8) is 0 Å². The van der Waals surface area contributed by atoms with E-state index in [0.717, 1.165) is 31.0 Å². The van der Waals surface area contributed by atoms with Crippen molar-refractivity contribution < 1.29 is 4.74 Å². The molecule has 120 valence electrons. The number of rotatable bonds is 7. The van der Waals surface area contributed by atoms with E-state index in [1.54, 1.807) is 0 Å². The highest BCUT2D eigenvalue weighted by Gasteiger charge is 2.08. The van der Waals surface area contributed by atoms with Gasteiger partial charge in [-0.05, 0) is 63.9 Å². The molecule has 0 unspecified atom stereocenters. The van der Waals surface area contributed by atoms with E-state index < -0.39 is 0 Å². The van der Waals surface area contributed by atoms with E-state index in [-0.39, 0.29) is 6.10 Å². The Hall–Kier alpha value is -1.81. The minimum Gasteiger partial charge on any atom is -0.491 e. The largest absolute Gasteiger partial charge is 0.491 e. The van der Waals surface area contributed by atoms with E-state index in [1.165, 1.54) is 16.8 Å². The van der Waals surface area contributed by atoms with Crippen molar-refractivity contribution in [3.8, 4) is 5.75 Å². The van der Waals surface area contributed by atoms with E-state index in [2.05, 4.69) is 36.4 Å². The van der Waals surface area contributed by atoms with Crippen molar-refractivity contribution in [1.29, 1.82) is 0 Å². The summed E-state index contributed by atoms with van der Waals surface area (Å²) in [6.45, 7) is 10.1. The molecule has 0 fully saturated rings. The number of aromatic nitrogens is 2. The van der Waals surface area contributed by atoms with Crippen LogP contribution in [0.15, 0.2) is 24.3 Å². The topological polar surface area (TPSA) is 39.1 Å². The summed E-state index contributed by atoms with van der Waals surface area (Å²) < 4.78 is 7.61. The van der Waals surface area contributed by atoms with Crippen LogP contribution in [0, 0.1) is 13.8 Å². The lowest BCUT2D eigenvalue weighted by molar-refractivity contribution is 0.242. The molecule has 0 amide bonds. The summed E-state index contributed by atoms with van der Waals surface area (Å²) in [7, 11) is 2.00. The highest BCUT2D eigenvalue weighted by molar-refractivity contribution is 5.27. The number of benzene rings is 1. The fourth-order valence-electron chi connectivity index (χ4n) is 2.58. The van der Waals surface area contributed by atoms with Gasteiger partial charge in [0.2, 0.25) is 0 Å². The third-order valence-electron chi connectivity index (χ3n) is 3.83. The molecule has 22 heavy (non-hydrogen) atoms. The van der Waals surface area contributed by atoms with Crippen LogP contribution in [0.5, 0.6) is 5.75 Å². The Labute approximate surface area is 133 Å². The Morgan fingerprint density at radius 1 is 1.18 bits per heavy atom. The van der Waals surface area contributed by atoms with Crippen LogP contribution >= 0.6 is 0 Å². The number of hydrogen-bond donors (Lipinski definition) is 1. The first-order valence-corrected chi connectivity index (χ1v) is 7.92. The first-order valence-electron chi connectivity index (χ1n) is 7.92. The summed E-state index contributed by atoms with van der Waals surface area (Å²) >= 11 is 0. The summed E-state index contributed by atoms with van der Waals surface area (Å²) in [6, 6.07) is 8.30. The third kappa shape index (κ3) is 4.34. The first-order chi connectivity index (χ1) is 10.5. The lowest BCUT2D eigenvalue weighted by Gasteiger charge is -2.10. The Morgan fingerprint density at radius 2 is 1.86 bits per heavy atom. The minimum absolute atomic E-state index is 0.218. The van der Waals surface area contributed by atoms with Gasteiger partial charge in [0.25, 0.3) is 0 Å². The van der Waals surface area contributed by atoms with Gasteiger partial charge < -0.3 is 10.1 Å². The zero-order chi connectivity index (χ0) is 16.1. The van der Waals surface area contributed by atoms with Crippen LogP contribution in [0.4, 0.5) is 0 Å². The van der Waals surface area contributed by atoms with Crippen LogP contribution < -0.4 is 10.1 Å². The molecule has 0 aliphatic carbocycles. The van der Waals surface area contributed by atoms with Crippen molar-refractivity contribution in [2.24, 2.45) is 7.05 Å². The maximum absolute atomic E-state index is 5.65. The highest BCUT2D eigenvalue weighted by Crippen LogP contribution is 2.14. The summed E-state index contributed by atoms with van der Waals surface area (Å²) in [5, 5.41) is 7.95. The zero-order valence-corrected chi connectivity index (χ0v) is 14.3. The minimum atomic E-state index is 0.218. The lowest BCUT2D eigenvalue weighted by Crippen LogP contribution is -2.17. The molecule has 2 aromatic rings. The predicted octanol–water partition coefficient (Wildman–Crippen LogP) is 3.16. The molecule has 0 bridgehead atoms. The van der Waals surface area contributed by atoms with Crippen molar-refractivity contribution >= 4 is 0 Å². The molecule has 4 heteroatoms. The molecular formula is C18H27N3O. The summed E-state index contributed by atoms with van der Waals surface area (Å²) in [5.41, 5.74) is 5.03. The van der Waals surface area contributed by atoms with Gasteiger partial charge in [0.1, 0.15) is 5.75 Å². The first kappa shape index (κ1) is 16.6. The Bertz CT molecular complexity index is 600. The second-order valence-electron chi connectivity index (χ2n) is 6.01. The van der Waals surface area contributed by atoms with E-state index in [9.17, 15) is 0 Å². The van der Waals surface area contributed by atoms with Gasteiger partial charge in [0, 0.05) is 19.3 Å². The number of nitrogens with one attached hydrogen (secondary N) is 1. The normalized spacial score (nSPS) is 11.2. The standard InChI is InChI=1S/C18H27N3O/c1-13(2)22-17-8-6-16(7-9-17)12-19-11-10-18-14(3)20-21(5)15(18)4/h6-9,13,19H,10-12H2,1-5H3.